The molecule has 10 heteroatoms. The highest BCUT2D eigenvalue weighted by Gasteiger charge is 2.26. The molecule has 1 aliphatic rings. The van der Waals surface area contributed by atoms with E-state index in [1.54, 1.807) is 49.4 Å². The molecule has 0 bridgehead atoms. The molecule has 2 amide bonds. The molecule has 2 aromatic carbocycles. The van der Waals surface area contributed by atoms with E-state index in [9.17, 15) is 9.59 Å². The summed E-state index contributed by atoms with van der Waals surface area (Å²) >= 11 is 0. The number of hydrogen-bond acceptors (Lipinski definition) is 8. The summed E-state index contributed by atoms with van der Waals surface area (Å²) in [5, 5.41) is 20.5. The van der Waals surface area contributed by atoms with Crippen LogP contribution in [0.4, 0.5) is 10.5 Å². The van der Waals surface area contributed by atoms with Crippen molar-refractivity contribution in [2.75, 3.05) is 25.3 Å². The average molecular weight is 444 g/mol. The minimum atomic E-state index is -0.846. The van der Waals surface area contributed by atoms with E-state index in [4.69, 9.17) is 29.3 Å². The van der Waals surface area contributed by atoms with Gasteiger partial charge in [0, 0.05) is 29.3 Å². The first-order valence-corrected chi connectivity index (χ1v) is 9.84. The second-order valence-electron chi connectivity index (χ2n) is 6.82. The van der Waals surface area contributed by atoms with E-state index >= 15 is 0 Å². The van der Waals surface area contributed by atoms with Gasteiger partial charge in [-0.25, -0.2) is 10.3 Å². The van der Waals surface area contributed by atoms with Crippen molar-refractivity contribution in [3.8, 4) is 17.2 Å². The number of ether oxygens (including phenoxy) is 4. The molecule has 0 aromatic heterocycles. The van der Waals surface area contributed by atoms with Gasteiger partial charge in [0.05, 0.1) is 6.61 Å². The zero-order chi connectivity index (χ0) is 22.9. The fourth-order valence-electron chi connectivity index (χ4n) is 3.07. The molecule has 0 fully saturated rings. The van der Waals surface area contributed by atoms with Crippen molar-refractivity contribution in [3.05, 3.63) is 60.2 Å². The maximum absolute atomic E-state index is 12.7. The number of nitrogens with one attached hydrogen (secondary N) is 2. The van der Waals surface area contributed by atoms with Crippen molar-refractivity contribution in [1.82, 2.24) is 5.48 Å². The molecule has 170 valence electrons. The van der Waals surface area contributed by atoms with Crippen LogP contribution < -0.4 is 25.0 Å². The standard InChI is InChI=1S/C22H24N2O8/c1-14(6-9-20(26)24-28)21(16-4-2-3-5-17(16)29-11-10-25)32-22(27)23-15-7-8-18-19(12-15)31-13-30-18/h2-9,12,14,21,25,28H,10-11,13H2,1H3,(H,23,27)(H,24,26)/b9-6+/t14-,21-/m0/s1. The van der Waals surface area contributed by atoms with Gasteiger partial charge in [-0.15, -0.1) is 0 Å². The highest BCUT2D eigenvalue weighted by Crippen LogP contribution is 2.36. The quantitative estimate of drug-likeness (QED) is 0.263. The van der Waals surface area contributed by atoms with E-state index in [1.807, 2.05) is 0 Å². The molecule has 0 aliphatic carbocycles. The third-order valence-electron chi connectivity index (χ3n) is 4.57. The van der Waals surface area contributed by atoms with E-state index in [1.165, 1.54) is 11.6 Å². The van der Waals surface area contributed by atoms with Gasteiger partial charge in [0.25, 0.3) is 5.91 Å². The zero-order valence-electron chi connectivity index (χ0n) is 17.3. The minimum Gasteiger partial charge on any atom is -0.491 e. The molecule has 4 N–H and O–H groups in total. The fourth-order valence-corrected chi connectivity index (χ4v) is 3.07. The Kier molecular flexibility index (Phi) is 7.90. The third-order valence-corrected chi connectivity index (χ3v) is 4.57. The van der Waals surface area contributed by atoms with Crippen LogP contribution in [-0.4, -0.2) is 42.3 Å². The van der Waals surface area contributed by atoms with Crippen LogP contribution in [0.2, 0.25) is 0 Å². The number of fused-ring (bicyclic) bond motifs is 1. The summed E-state index contributed by atoms with van der Waals surface area (Å²) in [6.07, 6.45) is 1.04. The summed E-state index contributed by atoms with van der Waals surface area (Å²) in [4.78, 5) is 24.1. The number of carbonyl (C=O) groups is 2. The van der Waals surface area contributed by atoms with Crippen LogP contribution in [0, 0.1) is 5.92 Å². The zero-order valence-corrected chi connectivity index (χ0v) is 17.3. The lowest BCUT2D eigenvalue weighted by Crippen LogP contribution is -2.22. The molecule has 0 saturated heterocycles. The van der Waals surface area contributed by atoms with E-state index in [-0.39, 0.29) is 20.0 Å². The molecule has 1 heterocycles. The fraction of sp³-hybridized carbons (Fsp3) is 0.273. The number of aliphatic hydroxyl groups excluding tert-OH is 1. The Balaban J connectivity index is 1.81. The predicted octanol–water partition coefficient (Wildman–Crippen LogP) is 2.77. The first-order valence-electron chi connectivity index (χ1n) is 9.84. The van der Waals surface area contributed by atoms with Crippen molar-refractivity contribution in [2.24, 2.45) is 5.92 Å². The van der Waals surface area contributed by atoms with Crippen molar-refractivity contribution < 1.29 is 38.9 Å². The smallest absolute Gasteiger partial charge is 0.412 e. The molecule has 10 nitrogen and oxygen atoms in total. The van der Waals surface area contributed by atoms with Gasteiger partial charge < -0.3 is 24.1 Å². The summed E-state index contributed by atoms with van der Waals surface area (Å²) in [5.74, 6) is 0.319. The number of benzene rings is 2. The second-order valence-corrected chi connectivity index (χ2v) is 6.82. The van der Waals surface area contributed by atoms with E-state index in [0.717, 1.165) is 6.08 Å². The Hall–Kier alpha value is -3.76. The van der Waals surface area contributed by atoms with Gasteiger partial charge in [-0.3, -0.25) is 15.3 Å². The van der Waals surface area contributed by atoms with Crippen molar-refractivity contribution in [2.45, 2.75) is 13.0 Å². The molecule has 0 radical (unpaired) electrons. The first-order chi connectivity index (χ1) is 15.5. The van der Waals surface area contributed by atoms with Gasteiger partial charge in [0.15, 0.2) is 11.5 Å². The van der Waals surface area contributed by atoms with Crippen LogP contribution in [0.25, 0.3) is 0 Å². The number of hydroxylamine groups is 1. The Bertz CT molecular complexity index is 978. The van der Waals surface area contributed by atoms with Crippen LogP contribution in [-0.2, 0) is 9.53 Å². The number of aliphatic hydroxyl groups is 1. The Morgan fingerprint density at radius 2 is 1.97 bits per heavy atom. The van der Waals surface area contributed by atoms with Crippen molar-refractivity contribution in [1.29, 1.82) is 0 Å². The number of rotatable bonds is 9. The minimum absolute atomic E-state index is 0.0598. The van der Waals surface area contributed by atoms with Crippen LogP contribution in [0.3, 0.4) is 0 Å². The number of carbonyl (C=O) groups excluding carboxylic acids is 2. The largest absolute Gasteiger partial charge is 0.491 e. The molecule has 2 atom stereocenters. The molecule has 0 spiro atoms. The number of para-hydroxylation sites is 1. The van der Waals surface area contributed by atoms with Gasteiger partial charge in [0.2, 0.25) is 6.79 Å². The highest BCUT2D eigenvalue weighted by atomic mass is 16.7. The molecule has 3 rings (SSSR count). The topological polar surface area (TPSA) is 136 Å². The Labute approximate surface area is 184 Å². The van der Waals surface area contributed by atoms with Gasteiger partial charge in [-0.1, -0.05) is 31.2 Å². The van der Waals surface area contributed by atoms with E-state index in [2.05, 4.69) is 5.32 Å². The van der Waals surface area contributed by atoms with Gasteiger partial charge in [-0.05, 0) is 18.2 Å². The van der Waals surface area contributed by atoms with Crippen molar-refractivity contribution >= 4 is 17.7 Å². The number of hydrogen-bond donors (Lipinski definition) is 4. The summed E-state index contributed by atoms with van der Waals surface area (Å²) in [5.41, 5.74) is 2.51. The van der Waals surface area contributed by atoms with E-state index < -0.39 is 24.0 Å². The Morgan fingerprint density at radius 3 is 2.75 bits per heavy atom. The molecule has 1 aliphatic heterocycles. The van der Waals surface area contributed by atoms with Crippen molar-refractivity contribution in [3.63, 3.8) is 0 Å². The summed E-state index contributed by atoms with van der Waals surface area (Å²) < 4.78 is 21.8. The van der Waals surface area contributed by atoms with Gasteiger partial charge in [0.1, 0.15) is 18.5 Å². The average Bonchev–Trinajstić information content (AvgIpc) is 3.27. The second kappa shape index (κ2) is 11.0. The predicted molar refractivity (Wildman–Crippen MR) is 113 cm³/mol. The van der Waals surface area contributed by atoms with Crippen LogP contribution in [0.15, 0.2) is 54.6 Å². The van der Waals surface area contributed by atoms with Crippen LogP contribution in [0.5, 0.6) is 17.2 Å². The number of amides is 2. The van der Waals surface area contributed by atoms with Crippen LogP contribution in [0.1, 0.15) is 18.6 Å². The summed E-state index contributed by atoms with van der Waals surface area (Å²) in [6.45, 7) is 1.73. The summed E-state index contributed by atoms with van der Waals surface area (Å²) in [7, 11) is 0. The maximum Gasteiger partial charge on any atom is 0.412 e. The van der Waals surface area contributed by atoms with Gasteiger partial charge >= 0.3 is 6.09 Å². The SMILES string of the molecule is C[C@@H](/C=C/C(=O)NO)[C@H](OC(=O)Nc1ccc2c(c1)OCO2)c1ccccc1OCCO. The normalized spacial score (nSPS) is 14.0. The first kappa shape index (κ1) is 22.9. The monoisotopic (exact) mass is 444 g/mol. The lowest BCUT2D eigenvalue weighted by atomic mass is 9.96. The molecule has 0 unspecified atom stereocenters. The number of anilines is 1. The third kappa shape index (κ3) is 5.90. The maximum atomic E-state index is 12.7. The highest BCUT2D eigenvalue weighted by molar-refractivity contribution is 5.86. The lowest BCUT2D eigenvalue weighted by Gasteiger charge is -2.24. The van der Waals surface area contributed by atoms with E-state index in [0.29, 0.717) is 28.5 Å². The molecular formula is C22H24N2O8. The molecule has 0 saturated carbocycles. The molecule has 32 heavy (non-hydrogen) atoms. The van der Waals surface area contributed by atoms with Crippen LogP contribution >= 0.6 is 0 Å². The molecule has 2 aromatic rings. The lowest BCUT2D eigenvalue weighted by molar-refractivity contribution is -0.124. The van der Waals surface area contributed by atoms with Gasteiger partial charge in [-0.2, -0.15) is 0 Å². The Morgan fingerprint density at radius 1 is 1.19 bits per heavy atom. The molecular weight excluding hydrogens is 420 g/mol. The summed E-state index contributed by atoms with van der Waals surface area (Å²) in [6, 6.07) is 11.9.